The van der Waals surface area contributed by atoms with Gasteiger partial charge in [-0.25, -0.2) is 9.97 Å². The van der Waals surface area contributed by atoms with Gasteiger partial charge in [-0.3, -0.25) is 9.59 Å². The molecule has 0 aliphatic rings. The fourth-order valence-corrected chi connectivity index (χ4v) is 6.00. The summed E-state index contributed by atoms with van der Waals surface area (Å²) in [5.41, 5.74) is 1.58. The van der Waals surface area contributed by atoms with E-state index in [4.69, 9.17) is 9.15 Å². The number of fused-ring (bicyclic) bond motifs is 1. The van der Waals surface area contributed by atoms with Crippen LogP contribution in [0.4, 0.5) is 5.13 Å². The van der Waals surface area contributed by atoms with Crippen molar-refractivity contribution in [2.45, 2.75) is 35.6 Å². The summed E-state index contributed by atoms with van der Waals surface area (Å²) in [5.74, 6) is 0.480. The first kappa shape index (κ1) is 23.7. The molecule has 4 aromatic rings. The van der Waals surface area contributed by atoms with Crippen LogP contribution in [0, 0.1) is 6.92 Å². The van der Waals surface area contributed by atoms with Gasteiger partial charge in [0.15, 0.2) is 9.47 Å². The van der Waals surface area contributed by atoms with Gasteiger partial charge in [-0.05, 0) is 26.0 Å². The Morgan fingerprint density at radius 2 is 2.00 bits per heavy atom. The number of thioether (sulfide) groups is 2. The van der Waals surface area contributed by atoms with Crippen LogP contribution in [0.2, 0.25) is 0 Å². The maximum absolute atomic E-state index is 12.3. The molecule has 4 rings (SSSR count). The Bertz CT molecular complexity index is 1240. The number of ether oxygens (including phenoxy) is 1. The van der Waals surface area contributed by atoms with Crippen LogP contribution in [0.1, 0.15) is 23.4 Å². The van der Waals surface area contributed by atoms with Gasteiger partial charge in [0.05, 0.1) is 40.4 Å². The summed E-state index contributed by atoms with van der Waals surface area (Å²) in [6, 6.07) is 7.98. The molecule has 13 heteroatoms. The number of rotatable bonds is 10. The molecular weight excluding hydrogens is 503 g/mol. The molecule has 0 unspecified atom stereocenters. The minimum absolute atomic E-state index is 0.0839. The Labute approximate surface area is 205 Å². The van der Waals surface area contributed by atoms with Crippen molar-refractivity contribution in [1.29, 1.82) is 0 Å². The largest absolute Gasteiger partial charge is 0.466 e. The zero-order chi connectivity index (χ0) is 23.2. The van der Waals surface area contributed by atoms with E-state index in [0.717, 1.165) is 31.2 Å². The molecule has 0 fully saturated rings. The van der Waals surface area contributed by atoms with Gasteiger partial charge in [0.1, 0.15) is 0 Å². The van der Waals surface area contributed by atoms with Crippen molar-refractivity contribution in [2.24, 2.45) is 0 Å². The SMILES string of the molecule is CCOC(=O)Cc1nc(NC(=O)CSc2nnc(CSc3nc4ccccc4s3)o2)sc1C. The predicted molar refractivity (Wildman–Crippen MR) is 130 cm³/mol. The van der Waals surface area contributed by atoms with E-state index < -0.39 is 0 Å². The van der Waals surface area contributed by atoms with Crippen LogP contribution in [0.5, 0.6) is 0 Å². The highest BCUT2D eigenvalue weighted by Crippen LogP contribution is 2.31. The summed E-state index contributed by atoms with van der Waals surface area (Å²) in [5, 5.41) is 11.5. The molecule has 33 heavy (non-hydrogen) atoms. The molecule has 0 spiro atoms. The van der Waals surface area contributed by atoms with Gasteiger partial charge in [0.2, 0.25) is 11.8 Å². The van der Waals surface area contributed by atoms with Gasteiger partial charge in [-0.15, -0.1) is 32.9 Å². The average Bonchev–Trinajstić information content (AvgIpc) is 3.49. The summed E-state index contributed by atoms with van der Waals surface area (Å²) in [7, 11) is 0. The summed E-state index contributed by atoms with van der Waals surface area (Å²) in [6.07, 6.45) is 0.0839. The van der Waals surface area contributed by atoms with Gasteiger partial charge in [-0.2, -0.15) is 0 Å². The molecule has 0 radical (unpaired) electrons. The zero-order valence-corrected chi connectivity index (χ0v) is 21.0. The Morgan fingerprint density at radius 1 is 1.15 bits per heavy atom. The quantitative estimate of drug-likeness (QED) is 0.235. The number of nitrogens with zero attached hydrogens (tertiary/aromatic N) is 4. The van der Waals surface area contributed by atoms with Crippen LogP contribution < -0.4 is 5.32 Å². The summed E-state index contributed by atoms with van der Waals surface area (Å²) >= 11 is 5.62. The zero-order valence-electron chi connectivity index (χ0n) is 17.7. The second kappa shape index (κ2) is 11.1. The van der Waals surface area contributed by atoms with Crippen molar-refractivity contribution in [2.75, 3.05) is 17.7 Å². The maximum Gasteiger partial charge on any atom is 0.311 e. The molecule has 0 aliphatic heterocycles. The first-order valence-corrected chi connectivity index (χ1v) is 13.5. The topological polar surface area (TPSA) is 120 Å². The van der Waals surface area contributed by atoms with Gasteiger partial charge >= 0.3 is 5.97 Å². The molecule has 0 bridgehead atoms. The lowest BCUT2D eigenvalue weighted by Crippen LogP contribution is -2.14. The molecule has 1 aromatic carbocycles. The van der Waals surface area contributed by atoms with Gasteiger partial charge < -0.3 is 14.5 Å². The molecule has 0 saturated heterocycles. The number of aryl methyl sites for hydroxylation is 1. The van der Waals surface area contributed by atoms with Crippen LogP contribution >= 0.6 is 46.2 Å². The Morgan fingerprint density at radius 3 is 2.82 bits per heavy atom. The number of hydrogen-bond acceptors (Lipinski definition) is 12. The minimum atomic E-state index is -0.340. The second-order valence-corrected chi connectivity index (χ2v) is 10.9. The number of amides is 1. The smallest absolute Gasteiger partial charge is 0.311 e. The molecule has 1 N–H and O–H groups in total. The van der Waals surface area contributed by atoms with Crippen molar-refractivity contribution in [1.82, 2.24) is 20.2 Å². The van der Waals surface area contributed by atoms with Gasteiger partial charge in [0, 0.05) is 4.88 Å². The molecule has 0 saturated carbocycles. The average molecular weight is 522 g/mol. The molecule has 3 aromatic heterocycles. The van der Waals surface area contributed by atoms with E-state index in [-0.39, 0.29) is 24.1 Å². The lowest BCUT2D eigenvalue weighted by Gasteiger charge is -2.00. The summed E-state index contributed by atoms with van der Waals surface area (Å²) < 4.78 is 12.6. The number of esters is 1. The second-order valence-electron chi connectivity index (χ2n) is 6.54. The predicted octanol–water partition coefficient (Wildman–Crippen LogP) is 4.57. The third kappa shape index (κ3) is 6.53. The first-order chi connectivity index (χ1) is 16.0. The maximum atomic E-state index is 12.3. The van der Waals surface area contributed by atoms with E-state index >= 15 is 0 Å². The summed E-state index contributed by atoms with van der Waals surface area (Å²) in [6.45, 7) is 3.92. The van der Waals surface area contributed by atoms with E-state index in [9.17, 15) is 9.59 Å². The highest BCUT2D eigenvalue weighted by Gasteiger charge is 2.16. The van der Waals surface area contributed by atoms with Crippen LogP contribution in [-0.2, 0) is 26.5 Å². The first-order valence-electron chi connectivity index (χ1n) is 9.85. The number of benzene rings is 1. The Hall–Kier alpha value is -2.48. The monoisotopic (exact) mass is 521 g/mol. The van der Waals surface area contributed by atoms with Crippen molar-refractivity contribution >= 4 is 73.4 Å². The standard InChI is InChI=1S/C20H19N5O4S4/c1-3-28-17(27)8-13-11(2)32-18(21-13)23-15(26)9-30-19-25-24-16(29-19)10-31-20-22-12-6-4-5-7-14(12)33-20/h4-7H,3,8-10H2,1-2H3,(H,21,23,26). The number of thiazole rings is 2. The normalized spacial score (nSPS) is 11.1. The molecular formula is C20H19N5O4S4. The number of aromatic nitrogens is 4. The number of anilines is 1. The highest BCUT2D eigenvalue weighted by atomic mass is 32.2. The van der Waals surface area contributed by atoms with E-state index in [1.165, 1.54) is 23.1 Å². The van der Waals surface area contributed by atoms with Gasteiger partial charge in [0.25, 0.3) is 5.22 Å². The minimum Gasteiger partial charge on any atom is -0.466 e. The fourth-order valence-electron chi connectivity index (χ4n) is 2.67. The van der Waals surface area contributed by atoms with Crippen LogP contribution in [0.15, 0.2) is 38.2 Å². The lowest BCUT2D eigenvalue weighted by atomic mass is 10.3. The number of nitrogens with one attached hydrogen (secondary N) is 1. The molecule has 0 aliphatic carbocycles. The molecule has 9 nitrogen and oxygen atoms in total. The van der Waals surface area contributed by atoms with Crippen molar-refractivity contribution in [3.63, 3.8) is 0 Å². The highest BCUT2D eigenvalue weighted by molar-refractivity contribution is 8.00. The van der Waals surface area contributed by atoms with Crippen LogP contribution in [0.3, 0.4) is 0 Å². The number of carbonyl (C=O) groups excluding carboxylic acids is 2. The van der Waals surface area contributed by atoms with Crippen molar-refractivity contribution in [3.8, 4) is 0 Å². The fraction of sp³-hybridized carbons (Fsp3) is 0.300. The third-order valence-electron chi connectivity index (χ3n) is 4.12. The van der Waals surface area contributed by atoms with E-state index in [1.54, 1.807) is 18.3 Å². The molecule has 3 heterocycles. The lowest BCUT2D eigenvalue weighted by molar-refractivity contribution is -0.142. The van der Waals surface area contributed by atoms with Crippen LogP contribution in [-0.4, -0.2) is 44.4 Å². The van der Waals surface area contributed by atoms with E-state index in [1.807, 2.05) is 31.2 Å². The molecule has 1 amide bonds. The molecule has 172 valence electrons. The van der Waals surface area contributed by atoms with Crippen molar-refractivity contribution < 1.29 is 18.7 Å². The van der Waals surface area contributed by atoms with Crippen molar-refractivity contribution in [3.05, 3.63) is 40.7 Å². The number of para-hydroxylation sites is 1. The van der Waals surface area contributed by atoms with E-state index in [2.05, 4.69) is 25.5 Å². The Balaban J connectivity index is 1.24. The van der Waals surface area contributed by atoms with Crippen LogP contribution in [0.25, 0.3) is 10.2 Å². The third-order valence-corrected chi connectivity index (χ3v) is 8.04. The summed E-state index contributed by atoms with van der Waals surface area (Å²) in [4.78, 5) is 33.7. The number of carbonyl (C=O) groups is 2. The molecule has 0 atom stereocenters. The van der Waals surface area contributed by atoms with Gasteiger partial charge in [-0.1, -0.05) is 35.7 Å². The number of hydrogen-bond donors (Lipinski definition) is 1. The Kier molecular flexibility index (Phi) is 7.96. The van der Waals surface area contributed by atoms with E-state index in [0.29, 0.717) is 34.3 Å².